The van der Waals surface area contributed by atoms with Crippen LogP contribution >= 0.6 is 0 Å². The summed E-state index contributed by atoms with van der Waals surface area (Å²) in [7, 11) is 0. The molecule has 2 fully saturated rings. The number of carboxylic acids is 1. The summed E-state index contributed by atoms with van der Waals surface area (Å²) in [5.74, 6) is -3.16. The second-order valence-electron chi connectivity index (χ2n) is 11.3. The number of ketones is 1. The molecular formula is C35H30FNO11. The lowest BCUT2D eigenvalue weighted by molar-refractivity contribution is -0.271. The summed E-state index contributed by atoms with van der Waals surface area (Å²) < 4.78 is 30.7. The number of carbonyl (C=O) groups excluding carboxylic acids is 2. The first-order valence-electron chi connectivity index (χ1n) is 14.8. The summed E-state index contributed by atoms with van der Waals surface area (Å²) in [5, 5.41) is 51.0. The number of phenolic OH excluding ortho intramolecular Hbond substituents is 1. The number of carbonyl (C=O) groups is 3. The molecule has 1 amide bonds. The predicted molar refractivity (Wildman–Crippen MR) is 166 cm³/mol. The zero-order valence-corrected chi connectivity index (χ0v) is 25.0. The first-order chi connectivity index (χ1) is 23.0. The van der Waals surface area contributed by atoms with Gasteiger partial charge in [-0.2, -0.15) is 0 Å². The number of carboxylic acid groups (broad SMARTS) is 1. The summed E-state index contributed by atoms with van der Waals surface area (Å²) in [6.07, 6.45) is -10.7. The number of ether oxygens (including phenoxy) is 3. The third kappa shape index (κ3) is 6.37. The molecule has 0 aliphatic carbocycles. The number of Topliss-reactive ketones (excluding diaryl/α,β-unsaturated/α-hetero) is 1. The second-order valence-corrected chi connectivity index (χ2v) is 11.3. The van der Waals surface area contributed by atoms with Crippen LogP contribution in [-0.4, -0.2) is 86.6 Å². The molecule has 2 aliphatic heterocycles. The first-order valence-corrected chi connectivity index (χ1v) is 14.8. The van der Waals surface area contributed by atoms with Crippen molar-refractivity contribution < 1.29 is 58.5 Å². The third-order valence-electron chi connectivity index (χ3n) is 8.21. The van der Waals surface area contributed by atoms with Gasteiger partial charge in [-0.3, -0.25) is 14.5 Å². The maximum Gasteiger partial charge on any atom is 0.335 e. The van der Waals surface area contributed by atoms with Gasteiger partial charge in [-0.05, 0) is 65.7 Å². The molecule has 13 heteroatoms. The number of aliphatic hydroxyl groups is 3. The monoisotopic (exact) mass is 659 g/mol. The van der Waals surface area contributed by atoms with Crippen LogP contribution in [0.5, 0.6) is 11.5 Å². The van der Waals surface area contributed by atoms with Crippen LogP contribution in [0.1, 0.15) is 22.0 Å². The minimum atomic E-state index is -1.95. The van der Waals surface area contributed by atoms with E-state index in [1.54, 1.807) is 54.6 Å². The third-order valence-corrected chi connectivity index (χ3v) is 8.21. The average Bonchev–Trinajstić information content (AvgIpc) is 3.08. The molecule has 0 saturated carbocycles. The molecule has 248 valence electrons. The Kier molecular flexibility index (Phi) is 9.22. The summed E-state index contributed by atoms with van der Waals surface area (Å²) >= 11 is 0. The standard InChI is InChI=1S/C35H30FNO11/c36-21-12-9-18(10-13-21)25(39)17-46-31-27(37(33(31)43)22-6-2-1-3-7-22)24-14-11-20(19-5-4-8-23(38)15-19)16-26(24)47-35-30(42)28(40)29(41)32(48-35)34(44)45/h1-16,27-32,35,38,40-42H,17H2,(H,44,45)/t27-,28?,29?,30?,31-,32?,35-/m1/s1. The molecule has 2 heterocycles. The van der Waals surface area contributed by atoms with Crippen molar-refractivity contribution in [2.75, 3.05) is 11.5 Å². The van der Waals surface area contributed by atoms with Crippen molar-refractivity contribution in [2.45, 2.75) is 42.9 Å². The van der Waals surface area contributed by atoms with E-state index in [2.05, 4.69) is 0 Å². The molecule has 0 bridgehead atoms. The highest BCUT2D eigenvalue weighted by Crippen LogP contribution is 2.46. The normalized spacial score (nSPS) is 25.3. The van der Waals surface area contributed by atoms with E-state index < -0.39 is 72.9 Å². The number of hydrogen-bond donors (Lipinski definition) is 5. The molecule has 7 atom stereocenters. The highest BCUT2D eigenvalue weighted by Gasteiger charge is 2.52. The van der Waals surface area contributed by atoms with Crippen LogP contribution in [0.3, 0.4) is 0 Å². The highest BCUT2D eigenvalue weighted by atomic mass is 19.1. The van der Waals surface area contributed by atoms with Crippen molar-refractivity contribution in [3.05, 3.63) is 114 Å². The fourth-order valence-electron chi connectivity index (χ4n) is 5.71. The highest BCUT2D eigenvalue weighted by molar-refractivity contribution is 6.06. The number of rotatable bonds is 10. The number of aliphatic carboxylic acids is 1. The molecule has 4 aromatic carbocycles. The fraction of sp³-hybridized carbons (Fsp3) is 0.229. The second kappa shape index (κ2) is 13.5. The molecule has 48 heavy (non-hydrogen) atoms. The smallest absolute Gasteiger partial charge is 0.335 e. The van der Waals surface area contributed by atoms with E-state index in [1.807, 2.05) is 0 Å². The number of aliphatic hydroxyl groups excluding tert-OH is 3. The van der Waals surface area contributed by atoms with Crippen LogP contribution in [0.2, 0.25) is 0 Å². The Morgan fingerprint density at radius 1 is 0.833 bits per heavy atom. The number of aromatic hydroxyl groups is 1. The Labute approximate surface area is 272 Å². The number of hydrogen-bond acceptors (Lipinski definition) is 10. The number of amides is 1. The van der Waals surface area contributed by atoms with Gasteiger partial charge in [-0.1, -0.05) is 42.5 Å². The van der Waals surface area contributed by atoms with E-state index in [9.17, 15) is 44.3 Å². The Balaban J connectivity index is 1.40. The molecule has 2 aliphatic rings. The van der Waals surface area contributed by atoms with Gasteiger partial charge in [-0.25, -0.2) is 9.18 Å². The summed E-state index contributed by atoms with van der Waals surface area (Å²) in [5.41, 5.74) is 2.02. The molecule has 4 unspecified atom stereocenters. The Hall–Kier alpha value is -5.18. The van der Waals surface area contributed by atoms with E-state index in [4.69, 9.17) is 14.2 Å². The van der Waals surface area contributed by atoms with Crippen LogP contribution in [0.4, 0.5) is 10.1 Å². The van der Waals surface area contributed by atoms with Gasteiger partial charge in [0.1, 0.15) is 48.3 Å². The number of phenols is 1. The molecular weight excluding hydrogens is 629 g/mol. The van der Waals surface area contributed by atoms with Crippen LogP contribution < -0.4 is 9.64 Å². The molecule has 0 radical (unpaired) electrons. The lowest BCUT2D eigenvalue weighted by Crippen LogP contribution is -2.62. The lowest BCUT2D eigenvalue weighted by Gasteiger charge is -2.47. The number of β-lactam (4-membered cyclic amide) rings is 1. The molecule has 5 N–H and O–H groups in total. The van der Waals surface area contributed by atoms with Gasteiger partial charge in [0.05, 0.1) is 0 Å². The summed E-state index contributed by atoms with van der Waals surface area (Å²) in [4.78, 5) is 39.7. The van der Waals surface area contributed by atoms with E-state index in [0.717, 1.165) is 12.1 Å². The minimum Gasteiger partial charge on any atom is -0.508 e. The maximum atomic E-state index is 13.6. The van der Waals surface area contributed by atoms with Crippen molar-refractivity contribution in [2.24, 2.45) is 0 Å². The van der Waals surface area contributed by atoms with Crippen molar-refractivity contribution >= 4 is 23.3 Å². The quantitative estimate of drug-likeness (QED) is 0.125. The van der Waals surface area contributed by atoms with E-state index in [-0.39, 0.29) is 17.1 Å². The van der Waals surface area contributed by atoms with Crippen molar-refractivity contribution in [3.63, 3.8) is 0 Å². The zero-order chi connectivity index (χ0) is 34.1. The fourth-order valence-corrected chi connectivity index (χ4v) is 5.71. The van der Waals surface area contributed by atoms with Crippen LogP contribution in [0, 0.1) is 5.82 Å². The summed E-state index contributed by atoms with van der Waals surface area (Å²) in [6.45, 7) is -0.520. The van der Waals surface area contributed by atoms with Gasteiger partial charge < -0.3 is 39.7 Å². The maximum absolute atomic E-state index is 13.6. The lowest BCUT2D eigenvalue weighted by atomic mass is 9.87. The Morgan fingerprint density at radius 3 is 2.23 bits per heavy atom. The average molecular weight is 660 g/mol. The van der Waals surface area contributed by atoms with Crippen molar-refractivity contribution in [1.82, 2.24) is 0 Å². The van der Waals surface area contributed by atoms with Crippen molar-refractivity contribution in [1.29, 1.82) is 0 Å². The first kappa shape index (κ1) is 32.7. The number of benzene rings is 4. The molecule has 0 spiro atoms. The van der Waals surface area contributed by atoms with Gasteiger partial charge in [0.2, 0.25) is 6.29 Å². The number of anilines is 1. The van der Waals surface area contributed by atoms with E-state index >= 15 is 0 Å². The van der Waals surface area contributed by atoms with Gasteiger partial charge in [-0.15, -0.1) is 0 Å². The molecule has 6 rings (SSSR count). The number of para-hydroxylation sites is 1. The SMILES string of the molecule is O=C(CO[C@H]1C(=O)N(c2ccccc2)[C@@H]1c1ccc(-c2cccc(O)c2)cc1O[C@@H]1OC(C(=O)O)C(O)C(O)C1O)c1ccc(F)cc1. The Morgan fingerprint density at radius 2 is 1.54 bits per heavy atom. The minimum absolute atomic E-state index is 0.0226. The largest absolute Gasteiger partial charge is 0.508 e. The van der Waals surface area contributed by atoms with Gasteiger partial charge in [0, 0.05) is 16.8 Å². The van der Waals surface area contributed by atoms with Crippen LogP contribution in [0.25, 0.3) is 11.1 Å². The van der Waals surface area contributed by atoms with E-state index in [1.165, 1.54) is 35.2 Å². The topological polar surface area (TPSA) is 183 Å². The summed E-state index contributed by atoms with van der Waals surface area (Å²) in [6, 6.07) is 23.6. The molecule has 0 aromatic heterocycles. The Bertz CT molecular complexity index is 1820. The number of halogens is 1. The van der Waals surface area contributed by atoms with Crippen molar-refractivity contribution in [3.8, 4) is 22.6 Å². The predicted octanol–water partition coefficient (Wildman–Crippen LogP) is 2.83. The van der Waals surface area contributed by atoms with Gasteiger partial charge in [0.15, 0.2) is 18.0 Å². The van der Waals surface area contributed by atoms with Gasteiger partial charge >= 0.3 is 5.97 Å². The zero-order valence-electron chi connectivity index (χ0n) is 25.0. The van der Waals surface area contributed by atoms with Gasteiger partial charge in [0.25, 0.3) is 5.91 Å². The van der Waals surface area contributed by atoms with Crippen LogP contribution in [-0.2, 0) is 19.1 Å². The molecule has 2 saturated heterocycles. The molecule has 12 nitrogen and oxygen atoms in total. The van der Waals surface area contributed by atoms with E-state index in [0.29, 0.717) is 22.4 Å². The van der Waals surface area contributed by atoms with Crippen LogP contribution in [0.15, 0.2) is 97.1 Å². The number of nitrogens with zero attached hydrogens (tertiary/aromatic N) is 1. The molecule has 4 aromatic rings.